The lowest BCUT2D eigenvalue weighted by Crippen LogP contribution is -2.53. The molecule has 0 spiro atoms. The maximum Gasteiger partial charge on any atom is 0.235 e. The fourth-order valence-electron chi connectivity index (χ4n) is 4.34. The van der Waals surface area contributed by atoms with E-state index in [1.807, 2.05) is 12.3 Å². The number of nitrogens with zero attached hydrogens (tertiary/aromatic N) is 4. The molecule has 0 saturated heterocycles. The molecule has 0 fully saturated rings. The minimum atomic E-state index is -0.907. The zero-order valence-electron chi connectivity index (χ0n) is 15.6. The summed E-state index contributed by atoms with van der Waals surface area (Å²) in [7, 11) is 1.66. The Labute approximate surface area is 169 Å². The first-order valence-corrected chi connectivity index (χ1v) is 10.5. The number of aryl methyl sites for hydroxylation is 2. The quantitative estimate of drug-likeness (QED) is 0.671. The Hall–Kier alpha value is -2.76. The van der Waals surface area contributed by atoms with E-state index in [0.29, 0.717) is 11.3 Å². The second-order valence-corrected chi connectivity index (χ2v) is 9.59. The number of rotatable bonds is 1. The second kappa shape index (κ2) is 5.63. The molecule has 0 saturated carbocycles. The van der Waals surface area contributed by atoms with Gasteiger partial charge in [-0.05, 0) is 43.5 Å². The van der Waals surface area contributed by atoms with Gasteiger partial charge in [0, 0.05) is 28.6 Å². The lowest BCUT2D eigenvalue weighted by atomic mass is 9.81. The van der Waals surface area contributed by atoms with Crippen molar-refractivity contribution in [1.29, 1.82) is 5.26 Å². The number of thiophene rings is 2. The number of amides is 1. The summed E-state index contributed by atoms with van der Waals surface area (Å²) in [4.78, 5) is 27.0. The number of pyridine rings is 1. The maximum absolute atomic E-state index is 13.2. The number of guanidine groups is 1. The van der Waals surface area contributed by atoms with Gasteiger partial charge in [0.1, 0.15) is 16.5 Å². The summed E-state index contributed by atoms with van der Waals surface area (Å²) in [5, 5.41) is 9.32. The van der Waals surface area contributed by atoms with Gasteiger partial charge in [0.2, 0.25) is 5.91 Å². The summed E-state index contributed by atoms with van der Waals surface area (Å²) < 4.78 is 1.13. The molecule has 1 amide bonds. The number of carbonyl (C=O) groups excluding carboxylic acids is 1. The highest BCUT2D eigenvalue weighted by Gasteiger charge is 2.57. The van der Waals surface area contributed by atoms with Gasteiger partial charge in [-0.15, -0.1) is 22.7 Å². The van der Waals surface area contributed by atoms with Gasteiger partial charge in [-0.25, -0.2) is 4.99 Å². The van der Waals surface area contributed by atoms with Crippen LogP contribution in [0.4, 0.5) is 0 Å². The van der Waals surface area contributed by atoms with Crippen molar-refractivity contribution in [3.05, 3.63) is 49.7 Å². The van der Waals surface area contributed by atoms with Crippen LogP contribution < -0.4 is 5.73 Å². The number of carbonyl (C=O) groups is 1. The van der Waals surface area contributed by atoms with Crippen molar-refractivity contribution in [1.82, 2.24) is 9.88 Å². The normalized spacial score (nSPS) is 23.5. The van der Waals surface area contributed by atoms with Crippen LogP contribution in [0.1, 0.15) is 31.3 Å². The third-order valence-electron chi connectivity index (χ3n) is 5.95. The second-order valence-electron chi connectivity index (χ2n) is 7.28. The molecule has 0 radical (unpaired) electrons. The highest BCUT2D eigenvalue weighted by atomic mass is 32.1. The van der Waals surface area contributed by atoms with E-state index in [1.54, 1.807) is 24.5 Å². The standard InChI is InChI=1S/C20H17N5OS2/c1-9-10(2)27-17-12-6-13-18(26)25(3)19(22)24-20(13,14(12)8-23-16(9)17)15-5-4-11(7-21)28-15/h4-5,8,13H,6H2,1-3H3,(H2,22,24). The van der Waals surface area contributed by atoms with Gasteiger partial charge in [0.15, 0.2) is 5.96 Å². The first kappa shape index (κ1) is 17.3. The van der Waals surface area contributed by atoms with Crippen LogP contribution in [0.3, 0.4) is 0 Å². The number of hydrogen-bond acceptors (Lipinski definition) is 7. The van der Waals surface area contributed by atoms with Gasteiger partial charge in [-0.3, -0.25) is 14.7 Å². The molecule has 2 aliphatic rings. The molecule has 1 aliphatic heterocycles. The Morgan fingerprint density at radius 1 is 1.36 bits per heavy atom. The van der Waals surface area contributed by atoms with Crippen LogP contribution >= 0.6 is 22.7 Å². The molecule has 0 aromatic carbocycles. The van der Waals surface area contributed by atoms with Crippen LogP contribution in [0.15, 0.2) is 23.3 Å². The predicted octanol–water partition coefficient (Wildman–Crippen LogP) is 3.05. The smallest absolute Gasteiger partial charge is 0.235 e. The first-order chi connectivity index (χ1) is 13.4. The molecule has 3 aromatic rings. The maximum atomic E-state index is 13.2. The molecule has 28 heavy (non-hydrogen) atoms. The van der Waals surface area contributed by atoms with E-state index in [2.05, 4.69) is 19.9 Å². The van der Waals surface area contributed by atoms with Crippen LogP contribution in [-0.4, -0.2) is 28.8 Å². The molecular weight excluding hydrogens is 390 g/mol. The average molecular weight is 408 g/mol. The molecule has 5 rings (SSSR count). The van der Waals surface area contributed by atoms with Crippen molar-refractivity contribution in [2.24, 2.45) is 16.6 Å². The van der Waals surface area contributed by atoms with Gasteiger partial charge < -0.3 is 5.73 Å². The van der Waals surface area contributed by atoms with Crippen LogP contribution in [-0.2, 0) is 16.8 Å². The molecule has 3 aromatic heterocycles. The van der Waals surface area contributed by atoms with Crippen molar-refractivity contribution in [3.63, 3.8) is 0 Å². The van der Waals surface area contributed by atoms with Gasteiger partial charge >= 0.3 is 0 Å². The molecule has 4 heterocycles. The Balaban J connectivity index is 1.87. The Kier molecular flexibility index (Phi) is 3.49. The molecule has 140 valence electrons. The van der Waals surface area contributed by atoms with Crippen molar-refractivity contribution >= 4 is 44.8 Å². The van der Waals surface area contributed by atoms with Gasteiger partial charge in [0.25, 0.3) is 0 Å². The molecule has 2 N–H and O–H groups in total. The summed E-state index contributed by atoms with van der Waals surface area (Å²) in [5.41, 5.74) is 9.49. The van der Waals surface area contributed by atoms with E-state index in [1.165, 1.54) is 26.7 Å². The number of aromatic nitrogens is 1. The predicted molar refractivity (Wildman–Crippen MR) is 110 cm³/mol. The molecule has 6 nitrogen and oxygen atoms in total. The fraction of sp³-hybridized carbons (Fsp3) is 0.300. The molecule has 1 aliphatic carbocycles. The van der Waals surface area contributed by atoms with E-state index in [9.17, 15) is 10.1 Å². The SMILES string of the molecule is Cc1sc2c3c(cnc2c1C)C1(c2ccc(C#N)s2)N=C(N)N(C)C(=O)C1C3. The van der Waals surface area contributed by atoms with Crippen molar-refractivity contribution < 1.29 is 4.79 Å². The fourth-order valence-corrected chi connectivity index (χ4v) is 6.53. The molecule has 2 atom stereocenters. The van der Waals surface area contributed by atoms with Crippen LogP contribution in [0, 0.1) is 31.1 Å². The summed E-state index contributed by atoms with van der Waals surface area (Å²) in [6.45, 7) is 4.18. The zero-order chi connectivity index (χ0) is 19.8. The van der Waals surface area contributed by atoms with Crippen LogP contribution in [0.2, 0.25) is 0 Å². The summed E-state index contributed by atoms with van der Waals surface area (Å²) >= 11 is 3.09. The summed E-state index contributed by atoms with van der Waals surface area (Å²) in [6, 6.07) is 5.87. The minimum absolute atomic E-state index is 0.0474. The number of hydrogen-bond donors (Lipinski definition) is 1. The number of nitrogens with two attached hydrogens (primary N) is 1. The van der Waals surface area contributed by atoms with Gasteiger partial charge in [-0.2, -0.15) is 5.26 Å². The Morgan fingerprint density at radius 2 is 2.14 bits per heavy atom. The monoisotopic (exact) mass is 407 g/mol. The third kappa shape index (κ3) is 1.98. The van der Waals surface area contributed by atoms with Crippen LogP contribution in [0.5, 0.6) is 0 Å². The number of aliphatic imine (C=N–C) groups is 1. The minimum Gasteiger partial charge on any atom is -0.369 e. The largest absolute Gasteiger partial charge is 0.369 e. The van der Waals surface area contributed by atoms with E-state index >= 15 is 0 Å². The van der Waals surface area contributed by atoms with Crippen molar-refractivity contribution in [2.45, 2.75) is 25.8 Å². The number of nitriles is 1. The van der Waals surface area contributed by atoms with Crippen molar-refractivity contribution in [2.75, 3.05) is 7.05 Å². The first-order valence-electron chi connectivity index (χ1n) is 8.89. The molecule has 2 unspecified atom stereocenters. The average Bonchev–Trinajstić information content (AvgIpc) is 3.36. The van der Waals surface area contributed by atoms with E-state index < -0.39 is 5.54 Å². The highest BCUT2D eigenvalue weighted by Crippen LogP contribution is 2.55. The Bertz CT molecular complexity index is 1250. The zero-order valence-corrected chi connectivity index (χ0v) is 17.2. The summed E-state index contributed by atoms with van der Waals surface area (Å²) in [5.74, 6) is -0.242. The van der Waals surface area contributed by atoms with Crippen LogP contribution in [0.25, 0.3) is 10.2 Å². The molecular formula is C20H17N5OS2. The van der Waals surface area contributed by atoms with E-state index in [-0.39, 0.29) is 17.8 Å². The Morgan fingerprint density at radius 3 is 2.86 bits per heavy atom. The topological polar surface area (TPSA) is 95.4 Å². The number of fused-ring (bicyclic) bond motifs is 5. The third-order valence-corrected chi connectivity index (χ3v) is 8.32. The summed E-state index contributed by atoms with van der Waals surface area (Å²) in [6.07, 6.45) is 2.45. The van der Waals surface area contributed by atoms with E-state index in [0.717, 1.165) is 26.2 Å². The molecule has 8 heteroatoms. The highest BCUT2D eigenvalue weighted by molar-refractivity contribution is 7.19. The lowest BCUT2D eigenvalue weighted by molar-refractivity contribution is -0.133. The van der Waals surface area contributed by atoms with Gasteiger partial charge in [-0.1, -0.05) is 0 Å². The molecule has 0 bridgehead atoms. The van der Waals surface area contributed by atoms with E-state index in [4.69, 9.17) is 15.7 Å². The van der Waals surface area contributed by atoms with Gasteiger partial charge in [0.05, 0.1) is 16.1 Å². The lowest BCUT2D eigenvalue weighted by Gasteiger charge is -2.38. The van der Waals surface area contributed by atoms with Crippen molar-refractivity contribution in [3.8, 4) is 6.07 Å².